The van der Waals surface area contributed by atoms with Gasteiger partial charge in [0.25, 0.3) is 11.7 Å². The zero-order chi connectivity index (χ0) is 43.7. The van der Waals surface area contributed by atoms with Gasteiger partial charge in [0.15, 0.2) is 5.75 Å². The van der Waals surface area contributed by atoms with Crippen LogP contribution < -0.4 is 10.1 Å². The topological polar surface area (TPSA) is 220 Å². The number of esters is 1. The molecule has 0 radical (unpaired) electrons. The van der Waals surface area contributed by atoms with E-state index in [1.54, 1.807) is 44.9 Å². The Balaban J connectivity index is 1.70. The molecule has 2 aromatic carbocycles. The van der Waals surface area contributed by atoms with Gasteiger partial charge in [0.2, 0.25) is 0 Å². The number of nitrogens with one attached hydrogen (secondary N) is 1. The van der Waals surface area contributed by atoms with Crippen LogP contribution in [0.2, 0.25) is 0 Å². The maximum Gasteiger partial charge on any atom is 0.312 e. The second-order valence-electron chi connectivity index (χ2n) is 16.1. The third kappa shape index (κ3) is 8.91. The largest absolute Gasteiger partial charge is 0.507 e. The van der Waals surface area contributed by atoms with Crippen molar-refractivity contribution >= 4 is 40.3 Å². The summed E-state index contributed by atoms with van der Waals surface area (Å²) in [5.74, 6) is -8.30. The number of phenols is 3. The molecule has 16 nitrogen and oxygen atoms in total. The van der Waals surface area contributed by atoms with Crippen LogP contribution in [0.15, 0.2) is 41.2 Å². The third-order valence-corrected chi connectivity index (χ3v) is 11.9. The van der Waals surface area contributed by atoms with Crippen molar-refractivity contribution in [3.05, 3.63) is 52.8 Å². The molecule has 1 fully saturated rings. The van der Waals surface area contributed by atoms with E-state index < -0.39 is 88.8 Å². The van der Waals surface area contributed by atoms with Crippen LogP contribution in [0.3, 0.4) is 0 Å². The van der Waals surface area contributed by atoms with Gasteiger partial charge in [-0.2, -0.15) is 5.10 Å². The molecule has 16 heteroatoms. The lowest BCUT2D eigenvalue weighted by molar-refractivity contribution is -0.156. The molecule has 4 heterocycles. The minimum atomic E-state index is -2.03. The third-order valence-electron chi connectivity index (χ3n) is 11.9. The number of likely N-dealkylation sites (N-methyl/N-ethyl adjacent to an activating group) is 1. The van der Waals surface area contributed by atoms with E-state index in [2.05, 4.69) is 15.3 Å². The number of aromatic hydroxyl groups is 3. The number of amides is 1. The van der Waals surface area contributed by atoms with E-state index >= 15 is 0 Å². The number of piperazine rings is 1. The Morgan fingerprint density at radius 3 is 2.22 bits per heavy atom. The van der Waals surface area contributed by atoms with Gasteiger partial charge in [0.05, 0.1) is 53.0 Å². The average Bonchev–Trinajstić information content (AvgIpc) is 3.46. The number of fused-ring (bicyclic) bond motifs is 14. The van der Waals surface area contributed by atoms with Gasteiger partial charge >= 0.3 is 11.8 Å². The first-order valence-corrected chi connectivity index (χ1v) is 19.8. The second kappa shape index (κ2) is 18.0. The number of aliphatic hydroxyl groups excluding tert-OH is 2. The molecule has 4 aliphatic rings. The van der Waals surface area contributed by atoms with Crippen molar-refractivity contribution in [3.8, 4) is 23.0 Å². The molecular weight excluding hydrogens is 764 g/mol. The van der Waals surface area contributed by atoms with E-state index in [0.717, 1.165) is 13.1 Å². The minimum Gasteiger partial charge on any atom is -0.507 e. The quantitative estimate of drug-likeness (QED) is 0.109. The number of hydrogen-bond donors (Lipinski definition) is 6. The van der Waals surface area contributed by atoms with E-state index in [-0.39, 0.29) is 44.5 Å². The molecule has 0 saturated carbocycles. The zero-order valence-corrected chi connectivity index (χ0v) is 35.3. The lowest BCUT2D eigenvalue weighted by Crippen LogP contribution is -2.46. The number of aliphatic hydroxyl groups is 2. The number of nitrogens with zero attached hydrogens (tertiary/aromatic N) is 3. The molecule has 5 bridgehead atoms. The van der Waals surface area contributed by atoms with Crippen molar-refractivity contribution in [2.45, 2.75) is 85.6 Å². The smallest absolute Gasteiger partial charge is 0.312 e. The van der Waals surface area contributed by atoms with Gasteiger partial charge in [-0.1, -0.05) is 45.9 Å². The summed E-state index contributed by atoms with van der Waals surface area (Å²) in [6.45, 7) is 15.1. The first kappa shape index (κ1) is 44.9. The number of benzene rings is 2. The molecule has 322 valence electrons. The molecular formula is C43H58N4O12. The Morgan fingerprint density at radius 2 is 1.59 bits per heavy atom. The number of phenolic OH excluding ortho intramolecular Hbond substituents is 3. The SMILES string of the molecule is CO[C@H]1/C=C\O[C@@]2(C)Oc3c(C)c(O)c4c(O)c(c(/C=N\N5CCN(C)CC5)c(O)c4c3C2=O)NC(=O)/C(C)=C\C=C/[C@H](C)[C@H](OC(C)=O)[C@@H](C)[C@@H](O)[C@@H](C)[C@H](O)[C@@H]1C. The molecule has 0 aliphatic carbocycles. The van der Waals surface area contributed by atoms with Gasteiger partial charge in [0, 0.05) is 87.3 Å². The monoisotopic (exact) mass is 822 g/mol. The summed E-state index contributed by atoms with van der Waals surface area (Å²) < 4.78 is 23.4. The summed E-state index contributed by atoms with van der Waals surface area (Å²) in [4.78, 5) is 42.5. The normalized spacial score (nSPS) is 32.1. The molecule has 6 rings (SSSR count). The molecule has 9 atom stereocenters. The summed E-state index contributed by atoms with van der Waals surface area (Å²) in [6.07, 6.45) is 4.90. The Labute approximate surface area is 344 Å². The van der Waals surface area contributed by atoms with Crippen LogP contribution in [0.1, 0.15) is 70.0 Å². The summed E-state index contributed by atoms with van der Waals surface area (Å²) in [5, 5.41) is 67.0. The highest BCUT2D eigenvalue weighted by Crippen LogP contribution is 2.55. The molecule has 6 N–H and O–H groups in total. The van der Waals surface area contributed by atoms with Crippen molar-refractivity contribution in [1.82, 2.24) is 9.91 Å². The molecule has 59 heavy (non-hydrogen) atoms. The van der Waals surface area contributed by atoms with Crippen LogP contribution in [-0.2, 0) is 23.8 Å². The fraction of sp³-hybridized carbons (Fsp3) is 0.535. The molecule has 4 aliphatic heterocycles. The number of rotatable bonds is 4. The Morgan fingerprint density at radius 1 is 0.949 bits per heavy atom. The fourth-order valence-corrected chi connectivity index (χ4v) is 7.93. The summed E-state index contributed by atoms with van der Waals surface area (Å²) in [6, 6.07) is 0. The van der Waals surface area contributed by atoms with Gasteiger partial charge in [-0.15, -0.1) is 0 Å². The molecule has 1 saturated heterocycles. The molecule has 2 aromatic rings. The lowest BCUT2D eigenvalue weighted by atomic mass is 9.78. The second-order valence-corrected chi connectivity index (χ2v) is 16.1. The van der Waals surface area contributed by atoms with Crippen molar-refractivity contribution in [2.24, 2.45) is 28.8 Å². The van der Waals surface area contributed by atoms with Crippen LogP contribution in [-0.4, -0.2) is 130 Å². The van der Waals surface area contributed by atoms with E-state index in [1.807, 2.05) is 7.05 Å². The predicted octanol–water partition coefficient (Wildman–Crippen LogP) is 4.34. The Kier molecular flexibility index (Phi) is 13.7. The van der Waals surface area contributed by atoms with E-state index in [4.69, 9.17) is 18.9 Å². The highest BCUT2D eigenvalue weighted by molar-refractivity contribution is 6.23. The molecule has 0 aromatic heterocycles. The number of carbonyl (C=O) groups is 3. The average molecular weight is 823 g/mol. The molecule has 1 amide bonds. The number of methoxy groups -OCH3 is 1. The first-order chi connectivity index (χ1) is 27.7. The Bertz CT molecular complexity index is 2070. The minimum absolute atomic E-state index is 0.0594. The summed E-state index contributed by atoms with van der Waals surface area (Å²) in [7, 11) is 3.42. The maximum atomic E-state index is 14.4. The number of Topliss-reactive ketones (excluding diaryl/α,β-unsaturated/α-hetero) is 1. The van der Waals surface area contributed by atoms with E-state index in [0.29, 0.717) is 13.1 Å². The van der Waals surface area contributed by atoms with E-state index in [1.165, 1.54) is 59.4 Å². The first-order valence-electron chi connectivity index (χ1n) is 19.8. The van der Waals surface area contributed by atoms with Crippen LogP contribution in [0.5, 0.6) is 23.0 Å². The van der Waals surface area contributed by atoms with Gasteiger partial charge in [0.1, 0.15) is 23.4 Å². The number of allylic oxidation sites excluding steroid dienone is 2. The standard InChI is InChI=1S/C43H58N4O12/c1-21-12-11-13-22(2)42(55)45-33-28(20-44-47-17-15-46(9)16-18-47)37(52)30-31(38(33)53)36(51)26(6)40-32(30)41(54)43(8,59-40)57-19-14-29(56-10)23(3)34(49)24(4)35(50)25(5)39(21)58-27(7)48/h11-14,19-21,23-25,29,34-35,39,49-53H,15-18H2,1-10H3,(H,45,55)/b12-11-,19-14-,22-13-,44-20-/t21-,23+,24-,25-,29-,34+,35-,39-,43-/m0/s1. The van der Waals surface area contributed by atoms with Crippen molar-refractivity contribution in [1.29, 1.82) is 0 Å². The van der Waals surface area contributed by atoms with Crippen LogP contribution in [0.25, 0.3) is 10.8 Å². The number of carbonyl (C=O) groups excluding carboxylic acids is 3. The van der Waals surface area contributed by atoms with Gasteiger partial charge in [-0.3, -0.25) is 19.4 Å². The van der Waals surface area contributed by atoms with Crippen molar-refractivity contribution < 1.29 is 58.9 Å². The number of hydrogen-bond acceptors (Lipinski definition) is 15. The number of ether oxygens (including phenoxy) is 4. The predicted molar refractivity (Wildman–Crippen MR) is 220 cm³/mol. The van der Waals surface area contributed by atoms with Gasteiger partial charge in [-0.05, 0) is 27.0 Å². The number of hydrazone groups is 1. The fourth-order valence-electron chi connectivity index (χ4n) is 7.93. The van der Waals surface area contributed by atoms with Crippen LogP contribution >= 0.6 is 0 Å². The molecule has 0 unspecified atom stereocenters. The summed E-state index contributed by atoms with van der Waals surface area (Å²) in [5.41, 5.74) is -0.355. The van der Waals surface area contributed by atoms with E-state index in [9.17, 15) is 39.9 Å². The zero-order valence-electron chi connectivity index (χ0n) is 35.3. The van der Waals surface area contributed by atoms with Crippen LogP contribution in [0, 0.1) is 30.6 Å². The van der Waals surface area contributed by atoms with Gasteiger partial charge in [-0.25, -0.2) is 0 Å². The Hall–Kier alpha value is -5.16. The molecule has 0 spiro atoms. The van der Waals surface area contributed by atoms with Crippen molar-refractivity contribution in [3.63, 3.8) is 0 Å². The van der Waals surface area contributed by atoms with Crippen molar-refractivity contribution in [2.75, 3.05) is 45.7 Å². The highest BCUT2D eigenvalue weighted by atomic mass is 16.7. The lowest BCUT2D eigenvalue weighted by Gasteiger charge is -2.37. The number of ketones is 1. The highest BCUT2D eigenvalue weighted by Gasteiger charge is 2.50. The maximum absolute atomic E-state index is 14.4. The van der Waals surface area contributed by atoms with Crippen LogP contribution in [0.4, 0.5) is 5.69 Å². The number of anilines is 1. The summed E-state index contributed by atoms with van der Waals surface area (Å²) >= 11 is 0. The van der Waals surface area contributed by atoms with Gasteiger partial charge < -0.3 is 54.7 Å².